The Kier molecular flexibility index (Phi) is 3.90. The molecule has 0 aromatic carbocycles. The summed E-state index contributed by atoms with van der Waals surface area (Å²) in [5.41, 5.74) is 2.72. The summed E-state index contributed by atoms with van der Waals surface area (Å²) in [5.74, 6) is 0. The fraction of sp³-hybridized carbons (Fsp3) is 1.00. The largest absolute Gasteiger partial charge is 0.344 e. The van der Waals surface area contributed by atoms with Crippen molar-refractivity contribution in [2.75, 3.05) is 0 Å². The van der Waals surface area contributed by atoms with E-state index in [1.807, 2.05) is 0 Å². The molecule has 0 heterocycles. The van der Waals surface area contributed by atoms with Gasteiger partial charge in [0, 0.05) is 0 Å². The first-order chi connectivity index (χ1) is 2.00. The average Bonchev–Trinajstić information content (AvgIpc) is 0.722. The quantitative estimate of drug-likeness (QED) is 0.493. The minimum Gasteiger partial charge on any atom is -0.344 e. The first-order valence-electron chi connectivity index (χ1n) is 1.28. The Morgan fingerprint density at radius 3 is 1.50 bits per heavy atom. The Morgan fingerprint density at radius 2 is 1.50 bits per heavy atom. The van der Waals surface area contributed by atoms with E-state index in [1.54, 1.807) is 0 Å². The molecule has 0 amide bonds. The summed E-state index contributed by atoms with van der Waals surface area (Å²) in [6, 6.07) is 0. The minimum absolute atomic E-state index is 0. The van der Waals surface area contributed by atoms with Crippen molar-refractivity contribution in [2.24, 2.45) is 0 Å². The van der Waals surface area contributed by atoms with Gasteiger partial charge in [0.05, 0.1) is 0 Å². The van der Waals surface area contributed by atoms with E-state index in [0.29, 0.717) is 0 Å². The molecule has 0 aromatic heterocycles. The Morgan fingerprint density at radius 1 is 1.50 bits per heavy atom. The van der Waals surface area contributed by atoms with Gasteiger partial charge in [-0.15, -0.1) is 0 Å². The van der Waals surface area contributed by atoms with Crippen LogP contribution in [0.15, 0.2) is 0 Å². The van der Waals surface area contributed by atoms with Crippen molar-refractivity contribution in [1.82, 2.24) is 6.15 Å². The van der Waals surface area contributed by atoms with Crippen LogP contribution in [0.2, 0.25) is 11.4 Å². The minimum atomic E-state index is -3.12. The second-order valence-corrected chi connectivity index (χ2v) is 6.72. The second kappa shape index (κ2) is 2.45. The Bertz CT molecular complexity index is 57.7. The molecular formula is C2H10AsNO2. The van der Waals surface area contributed by atoms with E-state index < -0.39 is 13.8 Å². The van der Waals surface area contributed by atoms with Crippen LogP contribution < -0.4 is 6.15 Å². The van der Waals surface area contributed by atoms with Crippen molar-refractivity contribution in [3.63, 3.8) is 0 Å². The molecule has 0 aliphatic heterocycles. The molecule has 4 heteroatoms. The van der Waals surface area contributed by atoms with Gasteiger partial charge in [0.2, 0.25) is 0 Å². The van der Waals surface area contributed by atoms with Crippen LogP contribution in [-0.2, 0) is 3.74 Å². The van der Waals surface area contributed by atoms with E-state index in [2.05, 4.69) is 0 Å². The molecular weight excluding hydrogens is 145 g/mol. The fourth-order valence-corrected chi connectivity index (χ4v) is 0. The van der Waals surface area contributed by atoms with Crippen LogP contribution in [0.1, 0.15) is 0 Å². The van der Waals surface area contributed by atoms with Crippen molar-refractivity contribution < 1.29 is 7.84 Å². The molecule has 3 nitrogen and oxygen atoms in total. The smallest absolute Gasteiger partial charge is 0.344 e. The zero-order valence-electron chi connectivity index (χ0n) is 4.01. The van der Waals surface area contributed by atoms with E-state index >= 15 is 0 Å². The number of rotatable bonds is 0. The van der Waals surface area contributed by atoms with Gasteiger partial charge in [0.1, 0.15) is 0 Å². The van der Waals surface area contributed by atoms with Crippen molar-refractivity contribution in [1.29, 1.82) is 0 Å². The van der Waals surface area contributed by atoms with Crippen LogP contribution in [0.25, 0.3) is 0 Å². The van der Waals surface area contributed by atoms with E-state index in [0.717, 1.165) is 0 Å². The topological polar surface area (TPSA) is 72.3 Å². The Hall–Kier alpha value is 0.278. The summed E-state index contributed by atoms with van der Waals surface area (Å²) in [7, 11) is 0. The zero-order chi connectivity index (χ0) is 4.50. The molecule has 0 aromatic rings. The number of hydrogen-bond acceptors (Lipinski definition) is 2. The van der Waals surface area contributed by atoms with Crippen LogP contribution in [0, 0.1) is 0 Å². The van der Waals surface area contributed by atoms with Crippen LogP contribution in [-0.4, -0.2) is 17.9 Å². The monoisotopic (exact) mass is 155 g/mol. The third-order valence-corrected chi connectivity index (χ3v) is 0. The predicted octanol–water partition coefficient (Wildman–Crippen LogP) is 0.273. The molecule has 0 saturated heterocycles. The standard InChI is InChI=1S/C2H7AsO2.H3N/c1-3(2,4)5;/h1-2H3,(H,4,5);1H3. The van der Waals surface area contributed by atoms with E-state index in [1.165, 1.54) is 11.4 Å². The molecule has 0 aliphatic rings. The molecule has 0 fully saturated rings. The molecule has 0 bridgehead atoms. The summed E-state index contributed by atoms with van der Waals surface area (Å²) in [6.07, 6.45) is 0. The molecule has 0 unspecified atom stereocenters. The summed E-state index contributed by atoms with van der Waals surface area (Å²) >= 11 is -3.12. The molecule has 0 aliphatic carbocycles. The maximum Gasteiger partial charge on any atom is -0.344 e. The summed E-state index contributed by atoms with van der Waals surface area (Å²) in [4.78, 5) is 0. The summed E-state index contributed by atoms with van der Waals surface area (Å²) in [5, 5.41) is 0. The van der Waals surface area contributed by atoms with Crippen molar-refractivity contribution in [3.8, 4) is 0 Å². The average molecular weight is 155 g/mol. The van der Waals surface area contributed by atoms with Crippen LogP contribution in [0.4, 0.5) is 0 Å². The third-order valence-electron chi connectivity index (χ3n) is 0. The Balaban J connectivity index is 0. The van der Waals surface area contributed by atoms with Gasteiger partial charge in [-0.25, -0.2) is 0 Å². The second-order valence-electron chi connectivity index (χ2n) is 1.29. The molecule has 0 saturated carbocycles. The Labute approximate surface area is 40.0 Å². The first-order valence-corrected chi connectivity index (χ1v) is 6.64. The van der Waals surface area contributed by atoms with Gasteiger partial charge >= 0.3 is 33.1 Å². The normalized spacial score (nSPS) is 9.83. The first kappa shape index (κ1) is 9.56. The van der Waals surface area contributed by atoms with Gasteiger partial charge in [-0.05, 0) is 0 Å². The summed E-state index contributed by atoms with van der Waals surface area (Å²) < 4.78 is 18.0. The maximum absolute atomic E-state index is 9.83. The summed E-state index contributed by atoms with van der Waals surface area (Å²) in [6.45, 7) is 0. The SMILES string of the molecule is C[As](C)(=O)O.N. The molecule has 40 valence electrons. The zero-order valence-corrected chi connectivity index (χ0v) is 5.89. The van der Waals surface area contributed by atoms with Crippen molar-refractivity contribution in [2.45, 2.75) is 11.4 Å². The van der Waals surface area contributed by atoms with Crippen LogP contribution >= 0.6 is 0 Å². The molecule has 0 rings (SSSR count). The molecule has 4 N–H and O–H groups in total. The van der Waals surface area contributed by atoms with Crippen molar-refractivity contribution in [3.05, 3.63) is 0 Å². The van der Waals surface area contributed by atoms with E-state index in [-0.39, 0.29) is 6.15 Å². The van der Waals surface area contributed by atoms with Crippen molar-refractivity contribution >= 4 is 13.8 Å². The van der Waals surface area contributed by atoms with Gasteiger partial charge < -0.3 is 6.15 Å². The maximum atomic E-state index is 9.83. The predicted molar refractivity (Wildman–Crippen MR) is 25.4 cm³/mol. The number of hydrogen-bond donors (Lipinski definition) is 2. The van der Waals surface area contributed by atoms with Gasteiger partial charge in [-0.3, -0.25) is 0 Å². The molecule has 0 atom stereocenters. The molecule has 6 heavy (non-hydrogen) atoms. The molecule has 0 spiro atoms. The molecule has 0 radical (unpaired) electrons. The van der Waals surface area contributed by atoms with E-state index in [4.69, 9.17) is 4.10 Å². The van der Waals surface area contributed by atoms with Gasteiger partial charge in [0.25, 0.3) is 0 Å². The van der Waals surface area contributed by atoms with Gasteiger partial charge in [-0.2, -0.15) is 0 Å². The van der Waals surface area contributed by atoms with Crippen LogP contribution in [0.5, 0.6) is 0 Å². The fourth-order valence-electron chi connectivity index (χ4n) is 0. The van der Waals surface area contributed by atoms with Crippen LogP contribution in [0.3, 0.4) is 0 Å². The van der Waals surface area contributed by atoms with Gasteiger partial charge in [0.15, 0.2) is 0 Å². The third kappa shape index (κ3) is 593. The van der Waals surface area contributed by atoms with E-state index in [9.17, 15) is 3.74 Å². The van der Waals surface area contributed by atoms with Gasteiger partial charge in [-0.1, -0.05) is 0 Å².